The van der Waals surface area contributed by atoms with Crippen LogP contribution in [-0.4, -0.2) is 22.7 Å². The van der Waals surface area contributed by atoms with Gasteiger partial charge in [-0.25, -0.2) is 0 Å². The molecule has 0 radical (unpaired) electrons. The van der Waals surface area contributed by atoms with E-state index in [1.165, 1.54) is 12.8 Å². The molecule has 1 aliphatic carbocycles. The zero-order valence-electron chi connectivity index (χ0n) is 9.29. The first-order chi connectivity index (χ1) is 7.67. The number of thioether (sulfide) groups is 1. The Morgan fingerprint density at radius 1 is 1.50 bits per heavy atom. The van der Waals surface area contributed by atoms with Crippen LogP contribution in [-0.2, 0) is 6.54 Å². The summed E-state index contributed by atoms with van der Waals surface area (Å²) >= 11 is 7.95. The molecule has 0 saturated heterocycles. The summed E-state index contributed by atoms with van der Waals surface area (Å²) in [7, 11) is 0. The molecule has 0 spiro atoms. The Bertz CT molecular complexity index is 359. The van der Waals surface area contributed by atoms with E-state index < -0.39 is 0 Å². The second-order valence-electron chi connectivity index (χ2n) is 4.23. The van der Waals surface area contributed by atoms with E-state index in [-0.39, 0.29) is 5.75 Å². The van der Waals surface area contributed by atoms with Crippen molar-refractivity contribution in [2.24, 2.45) is 0 Å². The van der Waals surface area contributed by atoms with Gasteiger partial charge in [0, 0.05) is 28.4 Å². The van der Waals surface area contributed by atoms with Crippen LogP contribution in [0, 0.1) is 0 Å². The zero-order chi connectivity index (χ0) is 11.6. The molecule has 2 nitrogen and oxygen atoms in total. The van der Waals surface area contributed by atoms with Gasteiger partial charge >= 0.3 is 0 Å². The molecule has 0 unspecified atom stereocenters. The van der Waals surface area contributed by atoms with Crippen molar-refractivity contribution in [3.05, 3.63) is 28.8 Å². The summed E-state index contributed by atoms with van der Waals surface area (Å²) in [6.07, 6.45) is 4.73. The summed E-state index contributed by atoms with van der Waals surface area (Å²) in [6.45, 7) is 1.62. The van der Waals surface area contributed by atoms with Crippen molar-refractivity contribution in [3.8, 4) is 5.75 Å². The number of benzene rings is 1. The van der Waals surface area contributed by atoms with E-state index in [0.717, 1.165) is 12.1 Å². The molecule has 0 amide bonds. The topological polar surface area (TPSA) is 32.3 Å². The van der Waals surface area contributed by atoms with E-state index in [9.17, 15) is 5.11 Å². The van der Waals surface area contributed by atoms with E-state index in [0.29, 0.717) is 16.3 Å². The van der Waals surface area contributed by atoms with Gasteiger partial charge in [-0.15, -0.1) is 0 Å². The van der Waals surface area contributed by atoms with Crippen LogP contribution in [0.3, 0.4) is 0 Å². The summed E-state index contributed by atoms with van der Waals surface area (Å²) in [4.78, 5) is 0. The van der Waals surface area contributed by atoms with E-state index in [4.69, 9.17) is 11.6 Å². The molecule has 88 valence electrons. The Balaban J connectivity index is 1.90. The highest BCUT2D eigenvalue weighted by Crippen LogP contribution is 2.46. The Hall–Kier alpha value is -0.380. The first-order valence-electron chi connectivity index (χ1n) is 5.39. The summed E-state index contributed by atoms with van der Waals surface area (Å²) in [6, 6.07) is 5.23. The molecular formula is C12H16ClNOS. The fourth-order valence-corrected chi connectivity index (χ4v) is 2.72. The lowest BCUT2D eigenvalue weighted by Crippen LogP contribution is -2.25. The molecule has 0 aliphatic heterocycles. The van der Waals surface area contributed by atoms with Crippen molar-refractivity contribution >= 4 is 23.4 Å². The highest BCUT2D eigenvalue weighted by Gasteiger charge is 2.41. The number of rotatable bonds is 5. The zero-order valence-corrected chi connectivity index (χ0v) is 10.9. The molecule has 1 saturated carbocycles. The van der Waals surface area contributed by atoms with E-state index in [1.54, 1.807) is 18.2 Å². The highest BCUT2D eigenvalue weighted by atomic mass is 35.5. The average Bonchev–Trinajstić information content (AvgIpc) is 3.03. The third kappa shape index (κ3) is 2.65. The molecule has 0 atom stereocenters. The van der Waals surface area contributed by atoms with Gasteiger partial charge < -0.3 is 10.4 Å². The highest BCUT2D eigenvalue weighted by molar-refractivity contribution is 8.00. The molecule has 0 bridgehead atoms. The van der Waals surface area contributed by atoms with E-state index in [1.807, 2.05) is 11.8 Å². The van der Waals surface area contributed by atoms with Crippen LogP contribution in [0.4, 0.5) is 0 Å². The third-order valence-corrected chi connectivity index (χ3v) is 4.86. The molecule has 1 fully saturated rings. The number of nitrogens with one attached hydrogen (secondary N) is 1. The van der Waals surface area contributed by atoms with Crippen LogP contribution in [0.15, 0.2) is 18.2 Å². The van der Waals surface area contributed by atoms with Crippen LogP contribution < -0.4 is 5.32 Å². The van der Waals surface area contributed by atoms with Crippen LogP contribution in [0.1, 0.15) is 18.4 Å². The Kier molecular flexibility index (Phi) is 3.67. The van der Waals surface area contributed by atoms with Gasteiger partial charge in [-0.1, -0.05) is 17.7 Å². The quantitative estimate of drug-likeness (QED) is 0.851. The SMILES string of the molecule is CSC1(CNCc2c(O)cccc2Cl)CC1. The minimum Gasteiger partial charge on any atom is -0.508 e. The molecule has 1 aromatic carbocycles. The summed E-state index contributed by atoms with van der Waals surface area (Å²) in [5, 5.41) is 13.7. The van der Waals surface area contributed by atoms with Crippen molar-refractivity contribution in [1.82, 2.24) is 5.32 Å². The number of aromatic hydroxyl groups is 1. The van der Waals surface area contributed by atoms with Gasteiger partial charge in [0.1, 0.15) is 5.75 Å². The molecule has 2 rings (SSSR count). The Morgan fingerprint density at radius 3 is 2.81 bits per heavy atom. The van der Waals surface area contributed by atoms with Crippen LogP contribution in [0.25, 0.3) is 0 Å². The molecule has 1 aliphatic rings. The van der Waals surface area contributed by atoms with Gasteiger partial charge in [-0.3, -0.25) is 0 Å². The molecule has 2 N–H and O–H groups in total. The summed E-state index contributed by atoms with van der Waals surface area (Å²) in [5.74, 6) is 0.272. The fourth-order valence-electron chi connectivity index (χ4n) is 1.73. The standard InChI is InChI=1S/C12H16ClNOS/c1-16-12(5-6-12)8-14-7-9-10(13)3-2-4-11(9)15/h2-4,14-15H,5-8H2,1H3. The maximum absolute atomic E-state index is 9.66. The lowest BCUT2D eigenvalue weighted by molar-refractivity contribution is 0.464. The maximum atomic E-state index is 9.66. The number of hydrogen-bond acceptors (Lipinski definition) is 3. The van der Waals surface area contributed by atoms with Crippen molar-refractivity contribution in [2.75, 3.05) is 12.8 Å². The lowest BCUT2D eigenvalue weighted by Gasteiger charge is -2.14. The summed E-state index contributed by atoms with van der Waals surface area (Å²) in [5.41, 5.74) is 0.793. The maximum Gasteiger partial charge on any atom is 0.121 e. The molecule has 0 heterocycles. The minimum absolute atomic E-state index is 0.272. The number of phenolic OH excluding ortho intramolecular Hbond substituents is 1. The number of hydrogen-bond donors (Lipinski definition) is 2. The Labute approximate surface area is 105 Å². The van der Waals surface area contributed by atoms with Crippen LogP contribution in [0.5, 0.6) is 5.75 Å². The van der Waals surface area contributed by atoms with Gasteiger partial charge in [-0.05, 0) is 31.2 Å². The van der Waals surface area contributed by atoms with Crippen molar-refractivity contribution < 1.29 is 5.11 Å². The summed E-state index contributed by atoms with van der Waals surface area (Å²) < 4.78 is 0.441. The Morgan fingerprint density at radius 2 is 2.25 bits per heavy atom. The first-order valence-corrected chi connectivity index (χ1v) is 6.99. The normalized spacial score (nSPS) is 17.4. The van der Waals surface area contributed by atoms with Crippen molar-refractivity contribution in [1.29, 1.82) is 0 Å². The van der Waals surface area contributed by atoms with Gasteiger partial charge in [0.15, 0.2) is 0 Å². The van der Waals surface area contributed by atoms with E-state index >= 15 is 0 Å². The number of halogens is 1. The van der Waals surface area contributed by atoms with E-state index in [2.05, 4.69) is 11.6 Å². The van der Waals surface area contributed by atoms with Crippen LogP contribution in [0.2, 0.25) is 5.02 Å². The second kappa shape index (κ2) is 4.86. The third-order valence-electron chi connectivity index (χ3n) is 3.08. The second-order valence-corrected chi connectivity index (χ2v) is 5.91. The minimum atomic E-state index is 0.272. The fraction of sp³-hybridized carbons (Fsp3) is 0.500. The molecule has 4 heteroatoms. The average molecular weight is 258 g/mol. The smallest absolute Gasteiger partial charge is 0.121 e. The molecule has 16 heavy (non-hydrogen) atoms. The monoisotopic (exact) mass is 257 g/mol. The first kappa shape index (κ1) is 12.1. The number of phenols is 1. The predicted molar refractivity (Wildman–Crippen MR) is 70.3 cm³/mol. The predicted octanol–water partition coefficient (Wildman–Crippen LogP) is 3.03. The van der Waals surface area contributed by atoms with Gasteiger partial charge in [0.25, 0.3) is 0 Å². The largest absolute Gasteiger partial charge is 0.508 e. The van der Waals surface area contributed by atoms with Crippen molar-refractivity contribution in [3.63, 3.8) is 0 Å². The van der Waals surface area contributed by atoms with Gasteiger partial charge in [-0.2, -0.15) is 11.8 Å². The van der Waals surface area contributed by atoms with Gasteiger partial charge in [0.2, 0.25) is 0 Å². The molecule has 1 aromatic rings. The lowest BCUT2D eigenvalue weighted by atomic mass is 10.2. The molecule has 0 aromatic heterocycles. The van der Waals surface area contributed by atoms with Crippen LogP contribution >= 0.6 is 23.4 Å². The van der Waals surface area contributed by atoms with Gasteiger partial charge in [0.05, 0.1) is 0 Å². The van der Waals surface area contributed by atoms with Crippen molar-refractivity contribution in [2.45, 2.75) is 24.1 Å². The molecular weight excluding hydrogens is 242 g/mol.